The minimum atomic E-state index is -2.01. The molecule has 0 saturated heterocycles. The molecule has 0 spiro atoms. The van der Waals surface area contributed by atoms with Gasteiger partial charge in [0.1, 0.15) is 0 Å². The van der Waals surface area contributed by atoms with Crippen molar-refractivity contribution >= 4 is 58.0 Å². The van der Waals surface area contributed by atoms with E-state index in [-0.39, 0.29) is 0 Å². The molecule has 0 aliphatic rings. The Bertz CT molecular complexity index is 68.9. The van der Waals surface area contributed by atoms with E-state index in [0.29, 0.717) is 5.79 Å². The first kappa shape index (κ1) is 9.81. The summed E-state index contributed by atoms with van der Waals surface area (Å²) in [5, 5.41) is 0. The van der Waals surface area contributed by atoms with Crippen LogP contribution in [0.5, 0.6) is 0 Å². The third kappa shape index (κ3) is 7.81. The van der Waals surface area contributed by atoms with Gasteiger partial charge in [-0.05, 0) is 6.55 Å². The van der Waals surface area contributed by atoms with Gasteiger partial charge < -0.3 is 0 Å². The lowest BCUT2D eigenvalue weighted by molar-refractivity contribution is 1.99. The first-order chi connectivity index (χ1) is 3.42. The topological polar surface area (TPSA) is 0 Å². The third-order valence-electron chi connectivity index (χ3n) is 0.397. The van der Waals surface area contributed by atoms with E-state index in [1.54, 1.807) is 6.55 Å². The van der Waals surface area contributed by atoms with Crippen molar-refractivity contribution in [3.8, 4) is 0 Å². The van der Waals surface area contributed by atoms with E-state index in [9.17, 15) is 0 Å². The lowest BCUT2D eigenvalue weighted by atomic mass is 11.9. The van der Waals surface area contributed by atoms with Gasteiger partial charge in [0.05, 0.1) is 6.63 Å². The molecular formula is C2H5Cl4PSi. The number of rotatable bonds is 2. The molecule has 0 N–H and O–H groups in total. The van der Waals surface area contributed by atoms with Crippen LogP contribution in [0, 0.1) is 0 Å². The Hall–Kier alpha value is 1.81. The molecule has 0 heterocycles. The lowest BCUT2D eigenvalue weighted by Gasteiger charge is -2.08. The summed E-state index contributed by atoms with van der Waals surface area (Å²) in [6.45, 7) is -1.16. The van der Waals surface area contributed by atoms with E-state index in [4.69, 9.17) is 44.6 Å². The average molecular weight is 230 g/mol. The molecule has 0 aliphatic carbocycles. The summed E-state index contributed by atoms with van der Waals surface area (Å²) in [6, 6.07) is 0. The number of halogens is 4. The van der Waals surface area contributed by atoms with Gasteiger partial charge >= 0.3 is 0 Å². The quantitative estimate of drug-likeness (QED) is 0.383. The van der Waals surface area contributed by atoms with Crippen LogP contribution in [0.25, 0.3) is 0 Å². The Morgan fingerprint density at radius 1 is 1.38 bits per heavy atom. The molecule has 0 aromatic carbocycles. The molecule has 0 fully saturated rings. The smallest absolute Gasteiger partial charge is 0.146 e. The van der Waals surface area contributed by atoms with E-state index in [2.05, 4.69) is 0 Å². The zero-order valence-electron chi connectivity index (χ0n) is 4.17. The van der Waals surface area contributed by atoms with E-state index in [1.807, 2.05) is 0 Å². The Balaban J connectivity index is 3.39. The molecule has 0 saturated carbocycles. The summed E-state index contributed by atoms with van der Waals surface area (Å²) in [7, 11) is 0. The maximum absolute atomic E-state index is 5.68. The molecule has 0 bridgehead atoms. The zero-order valence-corrected chi connectivity index (χ0v) is 9.08. The minimum absolute atomic E-state index is 0.592. The second kappa shape index (κ2) is 3.85. The van der Waals surface area contributed by atoms with Gasteiger partial charge in [0.15, 0.2) is 0 Å². The van der Waals surface area contributed by atoms with Crippen LogP contribution in [-0.4, -0.2) is 12.5 Å². The maximum atomic E-state index is 5.68. The molecule has 0 aromatic heterocycles. The summed E-state index contributed by atoms with van der Waals surface area (Å²) in [4.78, 5) is 0. The molecule has 0 nitrogen and oxygen atoms in total. The van der Waals surface area contributed by atoms with Crippen LogP contribution in [0.2, 0.25) is 6.55 Å². The Morgan fingerprint density at radius 2 is 1.75 bits per heavy atom. The van der Waals surface area contributed by atoms with E-state index < -0.39 is 13.3 Å². The molecule has 0 radical (unpaired) electrons. The van der Waals surface area contributed by atoms with Crippen molar-refractivity contribution in [2.24, 2.45) is 0 Å². The third-order valence-corrected chi connectivity index (χ3v) is 7.88. The zero-order chi connectivity index (χ0) is 6.78. The van der Waals surface area contributed by atoms with E-state index in [1.165, 1.54) is 0 Å². The van der Waals surface area contributed by atoms with Gasteiger partial charge in [0.25, 0.3) is 6.69 Å². The first-order valence-electron chi connectivity index (χ1n) is 1.89. The molecule has 0 aliphatic heterocycles. The molecule has 0 rings (SSSR count). The van der Waals surface area contributed by atoms with Crippen LogP contribution in [0.1, 0.15) is 0 Å². The molecule has 6 heteroatoms. The highest BCUT2D eigenvalue weighted by molar-refractivity contribution is 8.05. The summed E-state index contributed by atoms with van der Waals surface area (Å²) in [5.74, 6) is 0.592. The van der Waals surface area contributed by atoms with E-state index >= 15 is 0 Å². The van der Waals surface area contributed by atoms with Crippen LogP contribution in [0.15, 0.2) is 0 Å². The number of hydrogen-bond donors (Lipinski definition) is 0. The van der Waals surface area contributed by atoms with E-state index in [0.717, 1.165) is 0 Å². The van der Waals surface area contributed by atoms with Gasteiger partial charge in [-0.1, -0.05) is 22.5 Å². The van der Waals surface area contributed by atoms with Gasteiger partial charge in [-0.2, -0.15) is 0 Å². The predicted octanol–water partition coefficient (Wildman–Crippen LogP) is 3.86. The average Bonchev–Trinajstić information content (AvgIpc) is 1.21. The fourth-order valence-corrected chi connectivity index (χ4v) is 10.5. The Morgan fingerprint density at radius 3 is 1.75 bits per heavy atom. The highest BCUT2D eigenvalue weighted by atomic mass is 35.9. The Labute approximate surface area is 70.2 Å². The van der Waals surface area contributed by atoms with Crippen LogP contribution in [0.3, 0.4) is 0 Å². The molecule has 0 unspecified atom stereocenters. The van der Waals surface area contributed by atoms with Gasteiger partial charge in [0, 0.05) is 5.79 Å². The second-order valence-corrected chi connectivity index (χ2v) is 14.1. The van der Waals surface area contributed by atoms with Crippen molar-refractivity contribution in [2.45, 2.75) is 6.55 Å². The largest absolute Gasteiger partial charge is 0.254 e. The van der Waals surface area contributed by atoms with Crippen molar-refractivity contribution < 1.29 is 0 Å². The highest BCUT2D eigenvalue weighted by Crippen LogP contribution is 2.49. The van der Waals surface area contributed by atoms with Gasteiger partial charge in [-0.3, -0.25) is 0 Å². The normalized spacial score (nSPS) is 12.8. The number of hydrogen-bond acceptors (Lipinski definition) is 0. The van der Waals surface area contributed by atoms with Gasteiger partial charge in [-0.25, -0.2) is 0 Å². The Kier molecular flexibility index (Phi) is 4.72. The second-order valence-electron chi connectivity index (χ2n) is 1.53. The summed E-state index contributed by atoms with van der Waals surface area (Å²) in [5.41, 5.74) is 0. The lowest BCUT2D eigenvalue weighted by Crippen LogP contribution is -2.16. The van der Waals surface area contributed by atoms with Gasteiger partial charge in [-0.15, -0.1) is 22.2 Å². The molecule has 8 heavy (non-hydrogen) atoms. The van der Waals surface area contributed by atoms with Gasteiger partial charge in [0.2, 0.25) is 0 Å². The van der Waals surface area contributed by atoms with Crippen molar-refractivity contribution in [2.75, 3.05) is 5.79 Å². The summed E-state index contributed by atoms with van der Waals surface area (Å²) < 4.78 is 0. The monoisotopic (exact) mass is 228 g/mol. The summed E-state index contributed by atoms with van der Waals surface area (Å²) >= 11 is 22.3. The van der Waals surface area contributed by atoms with Crippen LogP contribution >= 0.6 is 51.3 Å². The van der Waals surface area contributed by atoms with Crippen LogP contribution in [-0.2, 0) is 0 Å². The SMILES string of the molecule is C[Si](Cl)(Cl)CP(Cl)Cl. The van der Waals surface area contributed by atoms with Crippen molar-refractivity contribution in [3.63, 3.8) is 0 Å². The molecule has 0 amide bonds. The molecular weight excluding hydrogens is 225 g/mol. The fourth-order valence-electron chi connectivity index (χ4n) is 0.210. The summed E-state index contributed by atoms with van der Waals surface area (Å²) in [6.07, 6.45) is 0. The van der Waals surface area contributed by atoms with Crippen molar-refractivity contribution in [1.82, 2.24) is 0 Å². The van der Waals surface area contributed by atoms with Crippen molar-refractivity contribution in [1.29, 1.82) is 0 Å². The predicted molar refractivity (Wildman–Crippen MR) is 46.8 cm³/mol. The highest BCUT2D eigenvalue weighted by Gasteiger charge is 2.24. The minimum Gasteiger partial charge on any atom is -0.146 e. The molecule has 0 aromatic rings. The fraction of sp³-hybridized carbons (Fsp3) is 1.00. The first-order valence-corrected chi connectivity index (χ1v) is 9.95. The van der Waals surface area contributed by atoms with Crippen LogP contribution < -0.4 is 0 Å². The maximum Gasteiger partial charge on any atom is 0.254 e. The standard InChI is InChI=1S/C2H5Cl4PSi/c1-8(5,6)2-7(3)4/h2H2,1H3. The molecule has 0 atom stereocenters. The molecule has 50 valence electrons. The van der Waals surface area contributed by atoms with Crippen molar-refractivity contribution in [3.05, 3.63) is 0 Å². The van der Waals surface area contributed by atoms with Crippen LogP contribution in [0.4, 0.5) is 0 Å².